The smallest absolute Gasteiger partial charge is 0.220 e. The Morgan fingerprint density at radius 1 is 1.25 bits per heavy atom. The zero-order valence-corrected chi connectivity index (χ0v) is 13.7. The zero-order chi connectivity index (χ0) is 14.3. The fraction of sp³-hybridized carbons (Fsp3) is 0.533. The van der Waals surface area contributed by atoms with Gasteiger partial charge in [-0.2, -0.15) is 0 Å². The van der Waals surface area contributed by atoms with Crippen molar-refractivity contribution in [2.24, 2.45) is 5.73 Å². The summed E-state index contributed by atoms with van der Waals surface area (Å²) in [6.45, 7) is 4.71. The average Bonchev–Trinajstić information content (AvgIpc) is 2.43. The van der Waals surface area contributed by atoms with E-state index in [-0.39, 0.29) is 23.9 Å². The molecule has 20 heavy (non-hydrogen) atoms. The zero-order valence-electron chi connectivity index (χ0n) is 12.1. The van der Waals surface area contributed by atoms with Crippen LogP contribution in [-0.4, -0.2) is 12.5 Å². The number of hydrogen-bond acceptors (Lipinski definition) is 2. The quantitative estimate of drug-likeness (QED) is 0.806. The standard InChI is InChI=1S/C15H23ClN2O.ClH/c1-3-15(4-2,18-14(19)6-5-11-17)12-7-9-13(16)10-8-12;/h7-10H,3-6,11,17H2,1-2H3,(H,18,19);1H. The second-order valence-corrected chi connectivity index (χ2v) is 5.17. The number of rotatable bonds is 7. The molecule has 0 atom stereocenters. The molecule has 0 saturated carbocycles. The van der Waals surface area contributed by atoms with Crippen LogP contribution in [0.1, 0.15) is 45.1 Å². The predicted molar refractivity (Wildman–Crippen MR) is 87.4 cm³/mol. The molecule has 1 aromatic carbocycles. The predicted octanol–water partition coefficient (Wildman–Crippen LogP) is 3.63. The lowest BCUT2D eigenvalue weighted by Crippen LogP contribution is -2.45. The topological polar surface area (TPSA) is 55.1 Å². The Balaban J connectivity index is 0.00000361. The lowest BCUT2D eigenvalue weighted by Gasteiger charge is -2.33. The number of halogens is 2. The molecule has 3 N–H and O–H groups in total. The second-order valence-electron chi connectivity index (χ2n) is 4.74. The Morgan fingerprint density at radius 3 is 2.25 bits per heavy atom. The molecule has 5 heteroatoms. The van der Waals surface area contributed by atoms with E-state index in [1.807, 2.05) is 24.3 Å². The van der Waals surface area contributed by atoms with E-state index in [2.05, 4.69) is 19.2 Å². The van der Waals surface area contributed by atoms with Gasteiger partial charge in [-0.1, -0.05) is 37.6 Å². The molecular formula is C15H24Cl2N2O. The van der Waals surface area contributed by atoms with Crippen LogP contribution in [0.5, 0.6) is 0 Å². The molecule has 0 unspecified atom stereocenters. The number of benzene rings is 1. The Labute approximate surface area is 132 Å². The van der Waals surface area contributed by atoms with Crippen molar-refractivity contribution < 1.29 is 4.79 Å². The molecule has 0 radical (unpaired) electrons. The van der Waals surface area contributed by atoms with E-state index in [4.69, 9.17) is 17.3 Å². The summed E-state index contributed by atoms with van der Waals surface area (Å²) in [4.78, 5) is 12.0. The SMILES string of the molecule is CCC(CC)(NC(=O)CCCN)c1ccc(Cl)cc1.Cl. The van der Waals surface area contributed by atoms with Crippen LogP contribution in [0.15, 0.2) is 24.3 Å². The first-order valence-corrected chi connectivity index (χ1v) is 7.23. The van der Waals surface area contributed by atoms with Gasteiger partial charge in [-0.25, -0.2) is 0 Å². The highest BCUT2D eigenvalue weighted by molar-refractivity contribution is 6.30. The van der Waals surface area contributed by atoms with Crippen LogP contribution >= 0.6 is 24.0 Å². The number of hydrogen-bond donors (Lipinski definition) is 2. The fourth-order valence-electron chi connectivity index (χ4n) is 2.27. The fourth-order valence-corrected chi connectivity index (χ4v) is 2.39. The molecule has 0 aromatic heterocycles. The van der Waals surface area contributed by atoms with Gasteiger partial charge in [0.05, 0.1) is 5.54 Å². The molecule has 1 amide bonds. The molecule has 0 aliphatic carbocycles. The normalized spacial score (nSPS) is 10.8. The van der Waals surface area contributed by atoms with Crippen molar-refractivity contribution in [1.29, 1.82) is 0 Å². The van der Waals surface area contributed by atoms with Crippen LogP contribution < -0.4 is 11.1 Å². The first-order chi connectivity index (χ1) is 9.07. The Bertz CT molecular complexity index is 403. The van der Waals surface area contributed by atoms with Crippen molar-refractivity contribution in [3.8, 4) is 0 Å². The second kappa shape index (κ2) is 9.22. The van der Waals surface area contributed by atoms with E-state index in [1.54, 1.807) is 0 Å². The summed E-state index contributed by atoms with van der Waals surface area (Å²) in [5.41, 5.74) is 6.23. The Hall–Kier alpha value is -0.770. The molecule has 0 bridgehead atoms. The number of nitrogens with one attached hydrogen (secondary N) is 1. The van der Waals surface area contributed by atoms with Crippen molar-refractivity contribution in [3.05, 3.63) is 34.9 Å². The van der Waals surface area contributed by atoms with Crippen molar-refractivity contribution >= 4 is 29.9 Å². The van der Waals surface area contributed by atoms with Crippen LogP contribution in [0.25, 0.3) is 0 Å². The summed E-state index contributed by atoms with van der Waals surface area (Å²) in [5, 5.41) is 3.87. The first-order valence-electron chi connectivity index (χ1n) is 6.85. The highest BCUT2D eigenvalue weighted by Crippen LogP contribution is 2.29. The Morgan fingerprint density at radius 2 is 1.80 bits per heavy atom. The number of amides is 1. The molecule has 0 spiro atoms. The maximum absolute atomic E-state index is 12.0. The molecule has 1 aromatic rings. The molecule has 1 rings (SSSR count). The van der Waals surface area contributed by atoms with Gasteiger partial charge in [0.15, 0.2) is 0 Å². The van der Waals surface area contributed by atoms with Crippen molar-refractivity contribution in [2.45, 2.75) is 45.1 Å². The minimum absolute atomic E-state index is 0. The summed E-state index contributed by atoms with van der Waals surface area (Å²) < 4.78 is 0. The van der Waals surface area contributed by atoms with E-state index < -0.39 is 0 Å². The third-order valence-corrected chi connectivity index (χ3v) is 3.84. The number of carbonyl (C=O) groups excluding carboxylic acids is 1. The summed E-state index contributed by atoms with van der Waals surface area (Å²) in [6.07, 6.45) is 2.89. The summed E-state index contributed by atoms with van der Waals surface area (Å²) in [7, 11) is 0. The van der Waals surface area contributed by atoms with Crippen LogP contribution in [0.3, 0.4) is 0 Å². The van der Waals surface area contributed by atoms with Crippen molar-refractivity contribution in [1.82, 2.24) is 5.32 Å². The monoisotopic (exact) mass is 318 g/mol. The molecule has 0 heterocycles. The van der Waals surface area contributed by atoms with Crippen LogP contribution in [0.2, 0.25) is 5.02 Å². The van der Waals surface area contributed by atoms with Gasteiger partial charge in [-0.15, -0.1) is 12.4 Å². The third-order valence-electron chi connectivity index (χ3n) is 3.59. The molecule has 114 valence electrons. The summed E-state index contributed by atoms with van der Waals surface area (Å²) in [6, 6.07) is 7.70. The van der Waals surface area contributed by atoms with E-state index in [9.17, 15) is 4.79 Å². The lowest BCUT2D eigenvalue weighted by molar-refractivity contribution is -0.123. The van der Waals surface area contributed by atoms with Gasteiger partial charge in [0, 0.05) is 11.4 Å². The highest BCUT2D eigenvalue weighted by Gasteiger charge is 2.29. The molecule has 0 saturated heterocycles. The van der Waals surface area contributed by atoms with E-state index in [0.29, 0.717) is 18.0 Å². The van der Waals surface area contributed by atoms with Gasteiger partial charge in [0.25, 0.3) is 0 Å². The van der Waals surface area contributed by atoms with Crippen LogP contribution in [0, 0.1) is 0 Å². The number of nitrogens with two attached hydrogens (primary N) is 1. The molecule has 3 nitrogen and oxygen atoms in total. The minimum Gasteiger partial charge on any atom is -0.347 e. The molecule has 0 aliphatic rings. The largest absolute Gasteiger partial charge is 0.347 e. The minimum atomic E-state index is -0.309. The lowest BCUT2D eigenvalue weighted by atomic mass is 9.84. The maximum Gasteiger partial charge on any atom is 0.220 e. The van der Waals surface area contributed by atoms with E-state index in [0.717, 1.165) is 24.8 Å². The Kier molecular flexibility index (Phi) is 8.86. The maximum atomic E-state index is 12.0. The van der Waals surface area contributed by atoms with Gasteiger partial charge in [0.2, 0.25) is 5.91 Å². The van der Waals surface area contributed by atoms with Gasteiger partial charge in [0.1, 0.15) is 0 Å². The van der Waals surface area contributed by atoms with Crippen molar-refractivity contribution in [3.63, 3.8) is 0 Å². The third kappa shape index (κ3) is 4.97. The summed E-state index contributed by atoms with van der Waals surface area (Å²) in [5.74, 6) is 0.0594. The van der Waals surface area contributed by atoms with Crippen LogP contribution in [0.4, 0.5) is 0 Å². The molecular weight excluding hydrogens is 295 g/mol. The van der Waals surface area contributed by atoms with Crippen molar-refractivity contribution in [2.75, 3.05) is 6.54 Å². The molecule has 0 aliphatic heterocycles. The highest BCUT2D eigenvalue weighted by atomic mass is 35.5. The van der Waals surface area contributed by atoms with E-state index in [1.165, 1.54) is 0 Å². The van der Waals surface area contributed by atoms with Gasteiger partial charge < -0.3 is 11.1 Å². The summed E-state index contributed by atoms with van der Waals surface area (Å²) >= 11 is 5.92. The van der Waals surface area contributed by atoms with Crippen LogP contribution in [-0.2, 0) is 10.3 Å². The first kappa shape index (κ1) is 19.2. The number of carbonyl (C=O) groups is 1. The van der Waals surface area contributed by atoms with E-state index >= 15 is 0 Å². The average molecular weight is 319 g/mol. The molecule has 0 fully saturated rings. The van der Waals surface area contributed by atoms with Gasteiger partial charge in [-0.05, 0) is 43.5 Å². The van der Waals surface area contributed by atoms with Gasteiger partial charge in [-0.3, -0.25) is 4.79 Å². The van der Waals surface area contributed by atoms with Gasteiger partial charge >= 0.3 is 0 Å².